The molecule has 1 amide bonds. The summed E-state index contributed by atoms with van der Waals surface area (Å²) in [5.74, 6) is 1.59. The Balaban J connectivity index is 0.00000320. The first-order chi connectivity index (χ1) is 13.9. The minimum Gasteiger partial charge on any atom is -0.357 e. The third-order valence-electron chi connectivity index (χ3n) is 6.36. The molecule has 0 bridgehead atoms. The van der Waals surface area contributed by atoms with Gasteiger partial charge in [-0.25, -0.2) is 12.7 Å². The number of hydrogen-bond acceptors (Lipinski definition) is 4. The van der Waals surface area contributed by atoms with Gasteiger partial charge in [0.05, 0.1) is 6.26 Å². The van der Waals surface area contributed by atoms with Crippen molar-refractivity contribution < 1.29 is 13.2 Å². The third-order valence-corrected chi connectivity index (χ3v) is 7.63. The maximum absolute atomic E-state index is 12.8. The summed E-state index contributed by atoms with van der Waals surface area (Å²) < 4.78 is 24.9. The van der Waals surface area contributed by atoms with Crippen molar-refractivity contribution in [1.82, 2.24) is 19.8 Å². The van der Waals surface area contributed by atoms with E-state index in [4.69, 9.17) is 4.99 Å². The molecule has 3 aliphatic rings. The Labute approximate surface area is 198 Å². The minimum absolute atomic E-state index is 0. The van der Waals surface area contributed by atoms with Crippen LogP contribution in [0.3, 0.4) is 0 Å². The minimum atomic E-state index is -3.11. The lowest BCUT2D eigenvalue weighted by atomic mass is 9.88. The number of nitrogens with zero attached hydrogens (tertiary/aromatic N) is 3. The van der Waals surface area contributed by atoms with Crippen molar-refractivity contribution in [3.05, 3.63) is 0 Å². The first-order valence-corrected chi connectivity index (χ1v) is 13.0. The fourth-order valence-corrected chi connectivity index (χ4v) is 5.59. The monoisotopic (exact) mass is 555 g/mol. The van der Waals surface area contributed by atoms with Gasteiger partial charge in [0.25, 0.3) is 0 Å². The van der Waals surface area contributed by atoms with Gasteiger partial charge in [0.1, 0.15) is 0 Å². The van der Waals surface area contributed by atoms with Gasteiger partial charge in [-0.05, 0) is 38.5 Å². The van der Waals surface area contributed by atoms with Crippen molar-refractivity contribution in [2.45, 2.75) is 57.9 Å². The zero-order valence-electron chi connectivity index (χ0n) is 18.3. The Hall–Kier alpha value is -0.620. The molecule has 2 saturated heterocycles. The SMILES string of the molecule is CCNC(=NCC1CCN(S(C)(=O)=O)C1)NC1CCN(C(=O)C2CCCCC2)C1.I. The Morgan fingerprint density at radius 3 is 2.43 bits per heavy atom. The molecule has 3 rings (SSSR count). The van der Waals surface area contributed by atoms with E-state index in [1.807, 2.05) is 11.8 Å². The largest absolute Gasteiger partial charge is 0.357 e. The van der Waals surface area contributed by atoms with Crippen molar-refractivity contribution in [1.29, 1.82) is 0 Å². The van der Waals surface area contributed by atoms with Gasteiger partial charge in [0.2, 0.25) is 15.9 Å². The predicted octanol–water partition coefficient (Wildman–Crippen LogP) is 1.62. The highest BCUT2D eigenvalue weighted by atomic mass is 127. The normalized spacial score (nSPS) is 26.5. The molecule has 2 atom stereocenters. The quantitative estimate of drug-likeness (QED) is 0.295. The van der Waals surface area contributed by atoms with Crippen molar-refractivity contribution in [3.8, 4) is 0 Å². The number of carbonyl (C=O) groups is 1. The van der Waals surface area contributed by atoms with Gasteiger partial charge in [-0.15, -0.1) is 24.0 Å². The standard InChI is InChI=1S/C20H37N5O3S.HI/c1-3-21-20(22-13-16-9-12-25(14-16)29(2,27)28)23-18-10-11-24(15-18)19(26)17-7-5-4-6-8-17;/h16-18H,3-15H2,1-2H3,(H2,21,22,23);1H. The first-order valence-electron chi connectivity index (χ1n) is 11.2. The molecule has 0 radical (unpaired) electrons. The lowest BCUT2D eigenvalue weighted by molar-refractivity contribution is -0.135. The Bertz CT molecular complexity index is 697. The molecular formula is C20H38IN5O3S. The van der Waals surface area contributed by atoms with Crippen LogP contribution in [-0.2, 0) is 14.8 Å². The second-order valence-electron chi connectivity index (χ2n) is 8.74. The van der Waals surface area contributed by atoms with Crippen LogP contribution in [0.15, 0.2) is 4.99 Å². The van der Waals surface area contributed by atoms with Crippen molar-refractivity contribution in [3.63, 3.8) is 0 Å². The van der Waals surface area contributed by atoms with Gasteiger partial charge in [-0.2, -0.15) is 0 Å². The predicted molar refractivity (Wildman–Crippen MR) is 131 cm³/mol. The average Bonchev–Trinajstić information content (AvgIpc) is 3.36. The van der Waals surface area contributed by atoms with Gasteiger partial charge in [0, 0.05) is 51.2 Å². The van der Waals surface area contributed by atoms with Crippen LogP contribution in [0.1, 0.15) is 51.9 Å². The number of likely N-dealkylation sites (tertiary alicyclic amines) is 1. The molecule has 1 saturated carbocycles. The van der Waals surface area contributed by atoms with Crippen LogP contribution in [0.25, 0.3) is 0 Å². The summed E-state index contributed by atoms with van der Waals surface area (Å²) in [5, 5.41) is 6.77. The zero-order chi connectivity index (χ0) is 20.9. The number of nitrogens with one attached hydrogen (secondary N) is 2. The van der Waals surface area contributed by atoms with E-state index in [-0.39, 0.29) is 41.9 Å². The number of carbonyl (C=O) groups excluding carboxylic acids is 1. The number of guanidine groups is 1. The lowest BCUT2D eigenvalue weighted by Gasteiger charge is -2.26. The van der Waals surface area contributed by atoms with Crippen LogP contribution in [0.4, 0.5) is 0 Å². The maximum Gasteiger partial charge on any atom is 0.225 e. The highest BCUT2D eigenvalue weighted by Crippen LogP contribution is 2.26. The van der Waals surface area contributed by atoms with E-state index < -0.39 is 10.0 Å². The molecule has 174 valence electrons. The smallest absolute Gasteiger partial charge is 0.225 e. The van der Waals surface area contributed by atoms with Crippen LogP contribution < -0.4 is 10.6 Å². The van der Waals surface area contributed by atoms with Gasteiger partial charge in [-0.1, -0.05) is 19.3 Å². The van der Waals surface area contributed by atoms with E-state index in [2.05, 4.69) is 10.6 Å². The molecule has 30 heavy (non-hydrogen) atoms. The van der Waals surface area contributed by atoms with Crippen LogP contribution in [0.2, 0.25) is 0 Å². The Morgan fingerprint density at radius 1 is 1.07 bits per heavy atom. The van der Waals surface area contributed by atoms with Crippen LogP contribution >= 0.6 is 24.0 Å². The summed E-state index contributed by atoms with van der Waals surface area (Å²) in [4.78, 5) is 19.5. The lowest BCUT2D eigenvalue weighted by Crippen LogP contribution is -2.45. The van der Waals surface area contributed by atoms with Gasteiger partial charge in [-0.3, -0.25) is 9.79 Å². The van der Waals surface area contributed by atoms with Gasteiger partial charge < -0.3 is 15.5 Å². The van der Waals surface area contributed by atoms with E-state index in [9.17, 15) is 13.2 Å². The van der Waals surface area contributed by atoms with Crippen LogP contribution in [0.5, 0.6) is 0 Å². The number of sulfonamides is 1. The third kappa shape index (κ3) is 7.22. The first kappa shape index (κ1) is 25.6. The van der Waals surface area contributed by atoms with E-state index >= 15 is 0 Å². The summed E-state index contributed by atoms with van der Waals surface area (Å²) >= 11 is 0. The fourth-order valence-electron chi connectivity index (χ4n) is 4.67. The van der Waals surface area contributed by atoms with Crippen molar-refractivity contribution >= 4 is 45.9 Å². The Kier molecular flexibility index (Phi) is 10.1. The second-order valence-corrected chi connectivity index (χ2v) is 10.7. The zero-order valence-corrected chi connectivity index (χ0v) is 21.5. The molecule has 0 aromatic carbocycles. The Morgan fingerprint density at radius 2 is 1.80 bits per heavy atom. The molecule has 2 unspecified atom stereocenters. The number of amides is 1. The van der Waals surface area contributed by atoms with Crippen molar-refractivity contribution in [2.75, 3.05) is 45.5 Å². The van der Waals surface area contributed by atoms with Crippen LogP contribution in [-0.4, -0.2) is 81.1 Å². The number of hydrogen-bond donors (Lipinski definition) is 2. The van der Waals surface area contributed by atoms with Gasteiger partial charge in [0.15, 0.2) is 5.96 Å². The molecule has 1 aliphatic carbocycles. The average molecular weight is 556 g/mol. The van der Waals surface area contributed by atoms with Crippen molar-refractivity contribution in [2.24, 2.45) is 16.8 Å². The highest BCUT2D eigenvalue weighted by Gasteiger charge is 2.32. The molecule has 10 heteroatoms. The number of rotatable bonds is 6. The van der Waals surface area contributed by atoms with E-state index in [0.29, 0.717) is 25.5 Å². The second kappa shape index (κ2) is 11.8. The molecule has 2 heterocycles. The maximum atomic E-state index is 12.8. The summed E-state index contributed by atoms with van der Waals surface area (Å²) in [6, 6.07) is 0.219. The van der Waals surface area contributed by atoms with Crippen LogP contribution in [0, 0.1) is 11.8 Å². The molecule has 0 spiro atoms. The highest BCUT2D eigenvalue weighted by molar-refractivity contribution is 14.0. The van der Waals surface area contributed by atoms with E-state index in [0.717, 1.165) is 51.3 Å². The number of halogens is 1. The molecule has 2 N–H and O–H groups in total. The molecule has 8 nitrogen and oxygen atoms in total. The summed E-state index contributed by atoms with van der Waals surface area (Å²) in [7, 11) is -3.11. The summed E-state index contributed by atoms with van der Waals surface area (Å²) in [6.07, 6.45) is 8.77. The topological polar surface area (TPSA) is 94.1 Å². The molecule has 3 fully saturated rings. The molecular weight excluding hydrogens is 517 g/mol. The molecule has 0 aromatic heterocycles. The van der Waals surface area contributed by atoms with E-state index in [1.165, 1.54) is 25.5 Å². The molecule has 0 aromatic rings. The van der Waals surface area contributed by atoms with Gasteiger partial charge >= 0.3 is 0 Å². The molecule has 2 aliphatic heterocycles. The van der Waals surface area contributed by atoms with E-state index in [1.54, 1.807) is 4.31 Å². The summed E-state index contributed by atoms with van der Waals surface area (Å²) in [5.41, 5.74) is 0. The fraction of sp³-hybridized carbons (Fsp3) is 0.900. The number of aliphatic imine (C=N–C) groups is 1. The summed E-state index contributed by atoms with van der Waals surface area (Å²) in [6.45, 7) is 6.11.